The fourth-order valence-electron chi connectivity index (χ4n) is 5.32. The molecule has 0 radical (unpaired) electrons. The summed E-state index contributed by atoms with van der Waals surface area (Å²) < 4.78 is 0. The molecule has 3 aromatic carbocycles. The number of phenols is 2. The molecule has 38 heavy (non-hydrogen) atoms. The highest BCUT2D eigenvalue weighted by atomic mass is 35.5. The van der Waals surface area contributed by atoms with Crippen LogP contribution in [0.25, 0.3) is 21.8 Å². The van der Waals surface area contributed by atoms with Crippen LogP contribution in [0.4, 0.5) is 5.69 Å². The minimum atomic E-state index is -0.579. The van der Waals surface area contributed by atoms with Crippen molar-refractivity contribution in [1.29, 1.82) is 0 Å². The summed E-state index contributed by atoms with van der Waals surface area (Å²) in [6.45, 7) is 3.94. The smallest absolute Gasteiger partial charge is 0.146 e. The number of aromatic hydroxyl groups is 2. The van der Waals surface area contributed by atoms with Gasteiger partial charge in [0.1, 0.15) is 22.5 Å². The Balaban J connectivity index is 1.55. The second-order valence-corrected chi connectivity index (χ2v) is 10.5. The summed E-state index contributed by atoms with van der Waals surface area (Å²) in [6.07, 6.45) is 3.24. The number of pyridine rings is 2. The second-order valence-electron chi connectivity index (χ2n) is 9.71. The fourth-order valence-corrected chi connectivity index (χ4v) is 5.86. The highest BCUT2D eigenvalue weighted by Gasteiger charge is 2.28. The van der Waals surface area contributed by atoms with E-state index in [9.17, 15) is 10.2 Å². The van der Waals surface area contributed by atoms with Gasteiger partial charge in [-0.05, 0) is 61.1 Å². The summed E-state index contributed by atoms with van der Waals surface area (Å²) in [4.78, 5) is 13.5. The highest BCUT2D eigenvalue weighted by molar-refractivity contribution is 6.36. The Bertz CT molecular complexity index is 1560. The lowest BCUT2D eigenvalue weighted by molar-refractivity contribution is 0.313. The van der Waals surface area contributed by atoms with Gasteiger partial charge in [-0.3, -0.25) is 9.97 Å². The number of piperazine rings is 1. The number of phenolic OH excluding ortho intramolecular Hbond substituents is 2. The summed E-state index contributed by atoms with van der Waals surface area (Å²) in [5.41, 5.74) is 3.85. The van der Waals surface area contributed by atoms with Crippen LogP contribution >= 0.6 is 23.2 Å². The van der Waals surface area contributed by atoms with Crippen LogP contribution in [0.15, 0.2) is 73.1 Å². The van der Waals surface area contributed by atoms with Gasteiger partial charge in [0, 0.05) is 72.1 Å². The van der Waals surface area contributed by atoms with Crippen molar-refractivity contribution in [2.45, 2.75) is 5.92 Å². The van der Waals surface area contributed by atoms with Crippen molar-refractivity contribution in [3.63, 3.8) is 0 Å². The number of anilines is 1. The molecule has 2 aromatic heterocycles. The van der Waals surface area contributed by atoms with Gasteiger partial charge in [0.25, 0.3) is 0 Å². The molecule has 2 N–H and O–H groups in total. The zero-order valence-corrected chi connectivity index (χ0v) is 22.3. The molecule has 6 rings (SSSR count). The minimum absolute atomic E-state index is 0.00906. The number of hydrogen-bond donors (Lipinski definition) is 2. The molecule has 6 nitrogen and oxygen atoms in total. The third-order valence-corrected chi connectivity index (χ3v) is 8.03. The predicted octanol–water partition coefficient (Wildman–Crippen LogP) is 6.43. The van der Waals surface area contributed by atoms with E-state index in [0.717, 1.165) is 37.4 Å². The van der Waals surface area contributed by atoms with E-state index in [4.69, 9.17) is 23.2 Å². The normalized spacial score (nSPS) is 14.6. The zero-order valence-electron chi connectivity index (χ0n) is 20.8. The maximum Gasteiger partial charge on any atom is 0.146 e. The maximum atomic E-state index is 11.5. The van der Waals surface area contributed by atoms with Crippen molar-refractivity contribution in [2.75, 3.05) is 38.1 Å². The Labute approximate surface area is 230 Å². The van der Waals surface area contributed by atoms with Gasteiger partial charge in [0.05, 0.1) is 10.0 Å². The van der Waals surface area contributed by atoms with E-state index in [0.29, 0.717) is 43.0 Å². The first-order chi connectivity index (χ1) is 18.4. The number of fused-ring (bicyclic) bond motifs is 2. The van der Waals surface area contributed by atoms with Crippen molar-refractivity contribution in [3.05, 3.63) is 99.8 Å². The van der Waals surface area contributed by atoms with Crippen LogP contribution in [0.2, 0.25) is 10.0 Å². The molecule has 0 amide bonds. The summed E-state index contributed by atoms with van der Waals surface area (Å²) >= 11 is 13.4. The van der Waals surface area contributed by atoms with Gasteiger partial charge in [0.15, 0.2) is 0 Å². The summed E-state index contributed by atoms with van der Waals surface area (Å²) in [5, 5.41) is 25.2. The van der Waals surface area contributed by atoms with E-state index in [-0.39, 0.29) is 11.5 Å². The van der Waals surface area contributed by atoms with E-state index in [1.807, 2.05) is 24.3 Å². The molecule has 0 bridgehead atoms. The van der Waals surface area contributed by atoms with Gasteiger partial charge < -0.3 is 20.0 Å². The van der Waals surface area contributed by atoms with Crippen LogP contribution in [0, 0.1) is 0 Å². The Hall–Kier alpha value is -3.58. The van der Waals surface area contributed by atoms with Gasteiger partial charge in [-0.15, -0.1) is 0 Å². The maximum absolute atomic E-state index is 11.5. The number of likely N-dealkylation sites (N-methyl/N-ethyl adjacent to an activating group) is 1. The predicted molar refractivity (Wildman–Crippen MR) is 154 cm³/mol. The van der Waals surface area contributed by atoms with Gasteiger partial charge >= 0.3 is 0 Å². The molecule has 1 aliphatic rings. The number of halogens is 2. The first-order valence-corrected chi connectivity index (χ1v) is 13.2. The monoisotopic (exact) mass is 544 g/mol. The van der Waals surface area contributed by atoms with Crippen molar-refractivity contribution in [3.8, 4) is 11.5 Å². The average molecular weight is 545 g/mol. The SMILES string of the molecule is CN1CCN(c2ccc(C(c3cc(Cl)c4cccnc4c3O)c3cc(Cl)c4cccnc4c3O)cc2)CC1. The van der Waals surface area contributed by atoms with Crippen LogP contribution in [0.5, 0.6) is 11.5 Å². The first-order valence-electron chi connectivity index (χ1n) is 12.5. The van der Waals surface area contributed by atoms with E-state index >= 15 is 0 Å². The van der Waals surface area contributed by atoms with E-state index in [1.165, 1.54) is 0 Å². The fraction of sp³-hybridized carbons (Fsp3) is 0.200. The molecule has 0 spiro atoms. The van der Waals surface area contributed by atoms with Crippen molar-refractivity contribution < 1.29 is 10.2 Å². The molecule has 1 aliphatic heterocycles. The molecule has 0 unspecified atom stereocenters. The topological polar surface area (TPSA) is 72.7 Å². The Morgan fingerprint density at radius 3 is 1.74 bits per heavy atom. The molecular weight excluding hydrogens is 519 g/mol. The van der Waals surface area contributed by atoms with Crippen LogP contribution in [-0.2, 0) is 0 Å². The van der Waals surface area contributed by atoms with Gasteiger partial charge in [-0.1, -0.05) is 35.3 Å². The lowest BCUT2D eigenvalue weighted by atomic mass is 9.83. The van der Waals surface area contributed by atoms with Crippen LogP contribution in [0.3, 0.4) is 0 Å². The van der Waals surface area contributed by atoms with Crippen molar-refractivity contribution in [2.24, 2.45) is 0 Å². The molecule has 0 aliphatic carbocycles. The lowest BCUT2D eigenvalue weighted by Gasteiger charge is -2.34. The molecule has 8 heteroatoms. The largest absolute Gasteiger partial charge is 0.505 e. The second kappa shape index (κ2) is 9.95. The molecule has 1 fully saturated rings. The van der Waals surface area contributed by atoms with Crippen molar-refractivity contribution >= 4 is 50.7 Å². The summed E-state index contributed by atoms with van der Waals surface area (Å²) in [6, 6.07) is 18.9. The Morgan fingerprint density at radius 1 is 0.737 bits per heavy atom. The van der Waals surface area contributed by atoms with Crippen LogP contribution < -0.4 is 4.90 Å². The van der Waals surface area contributed by atoms with Crippen molar-refractivity contribution in [1.82, 2.24) is 14.9 Å². The average Bonchev–Trinajstić information content (AvgIpc) is 2.95. The van der Waals surface area contributed by atoms with E-state index in [1.54, 1.807) is 36.7 Å². The van der Waals surface area contributed by atoms with E-state index in [2.05, 4.69) is 38.9 Å². The standard InChI is InChI=1S/C30H26Cl2N4O2/c1-35-12-14-36(15-13-35)19-8-6-18(7-9-19)26(22-16-24(31)20-4-2-10-33-27(20)29(22)37)23-17-25(32)21-5-3-11-34-28(21)30(23)38/h2-11,16-17,26,37-38H,12-15H2,1H3. The molecule has 5 aromatic rings. The van der Waals surface area contributed by atoms with Crippen LogP contribution in [0.1, 0.15) is 22.6 Å². The number of benzene rings is 3. The number of nitrogens with zero attached hydrogens (tertiary/aromatic N) is 4. The van der Waals surface area contributed by atoms with Crippen LogP contribution in [-0.4, -0.2) is 58.3 Å². The first kappa shape index (κ1) is 24.7. The molecule has 0 saturated carbocycles. The number of aromatic nitrogens is 2. The molecule has 3 heterocycles. The third-order valence-electron chi connectivity index (χ3n) is 7.41. The van der Waals surface area contributed by atoms with E-state index < -0.39 is 5.92 Å². The Kier molecular flexibility index (Phi) is 6.48. The summed E-state index contributed by atoms with van der Waals surface area (Å²) in [5.74, 6) is -0.561. The van der Waals surface area contributed by atoms with Gasteiger partial charge in [-0.2, -0.15) is 0 Å². The quantitative estimate of drug-likeness (QED) is 0.254. The zero-order chi connectivity index (χ0) is 26.4. The minimum Gasteiger partial charge on any atom is -0.505 e. The summed E-state index contributed by atoms with van der Waals surface area (Å²) in [7, 11) is 2.14. The number of rotatable bonds is 4. The molecular formula is C30H26Cl2N4O2. The highest BCUT2D eigenvalue weighted by Crippen LogP contribution is 2.47. The molecule has 1 saturated heterocycles. The van der Waals surface area contributed by atoms with Gasteiger partial charge in [-0.25, -0.2) is 0 Å². The number of hydrogen-bond acceptors (Lipinski definition) is 6. The molecule has 192 valence electrons. The lowest BCUT2D eigenvalue weighted by Crippen LogP contribution is -2.44. The molecule has 0 atom stereocenters. The Morgan fingerprint density at radius 2 is 1.24 bits per heavy atom. The van der Waals surface area contributed by atoms with Gasteiger partial charge in [0.2, 0.25) is 0 Å². The third kappa shape index (κ3) is 4.29.